The van der Waals surface area contributed by atoms with Gasteiger partial charge >= 0.3 is 6.61 Å². The Kier molecular flexibility index (Phi) is 7.73. The van der Waals surface area contributed by atoms with E-state index in [0.29, 0.717) is 31.0 Å². The average molecular weight is 587 g/mol. The van der Waals surface area contributed by atoms with Crippen LogP contribution < -0.4 is 9.64 Å². The van der Waals surface area contributed by atoms with E-state index < -0.39 is 12.4 Å². The van der Waals surface area contributed by atoms with E-state index in [4.69, 9.17) is 14.7 Å². The molecule has 2 fully saturated rings. The summed E-state index contributed by atoms with van der Waals surface area (Å²) in [5.74, 6) is 1.45. The van der Waals surface area contributed by atoms with Gasteiger partial charge in [-0.25, -0.2) is 13.8 Å². The standard InChI is InChI=1S/C29H37F3N8O2/c1-16(2)25(22-9-8-20(11-23(22)30)42-28(31)32)37-12-18(4)38(13-17(37)3)26-24-27(40-15-33-36-29(40)35-26)39(19(5)34-24)14-21-7-6-10-41-21/h8-9,11,15-18,21,25,28H,6-7,10,12-14H2,1-5H3/t17-,18+,21+,25+/m1/s1. The summed E-state index contributed by atoms with van der Waals surface area (Å²) in [5.41, 5.74) is 2.14. The molecule has 13 heteroatoms. The lowest BCUT2D eigenvalue weighted by atomic mass is 9.91. The zero-order chi connectivity index (χ0) is 29.7. The minimum absolute atomic E-state index is 0.0108. The fourth-order valence-corrected chi connectivity index (χ4v) is 6.64. The van der Waals surface area contributed by atoms with E-state index in [0.717, 1.165) is 48.3 Å². The van der Waals surface area contributed by atoms with Crippen molar-refractivity contribution in [1.29, 1.82) is 0 Å². The molecule has 0 N–H and O–H groups in total. The normalized spacial score (nSPS) is 22.7. The number of hydrogen-bond donors (Lipinski definition) is 0. The van der Waals surface area contributed by atoms with Crippen LogP contribution in [0.4, 0.5) is 19.0 Å². The molecule has 0 amide bonds. The first-order chi connectivity index (χ1) is 20.1. The molecule has 226 valence electrons. The van der Waals surface area contributed by atoms with Gasteiger partial charge in [0, 0.05) is 49.5 Å². The Bertz CT molecular complexity index is 1570. The van der Waals surface area contributed by atoms with Crippen molar-refractivity contribution in [1.82, 2.24) is 34.0 Å². The maximum atomic E-state index is 15.3. The maximum absolute atomic E-state index is 15.3. The number of aryl methyl sites for hydroxylation is 1. The first kappa shape index (κ1) is 28.7. The molecule has 2 saturated heterocycles. The topological polar surface area (TPSA) is 85.8 Å². The number of benzene rings is 1. The third-order valence-corrected chi connectivity index (χ3v) is 8.53. The van der Waals surface area contributed by atoms with Crippen LogP contribution in [0, 0.1) is 18.7 Å². The first-order valence-electron chi connectivity index (χ1n) is 14.6. The van der Waals surface area contributed by atoms with E-state index in [1.54, 1.807) is 12.4 Å². The molecule has 6 rings (SSSR count). The maximum Gasteiger partial charge on any atom is 0.387 e. The lowest BCUT2D eigenvalue weighted by molar-refractivity contribution is -0.0500. The van der Waals surface area contributed by atoms with Crippen LogP contribution in [0.3, 0.4) is 0 Å². The molecule has 4 aromatic rings. The Hall–Kier alpha value is -3.45. The lowest BCUT2D eigenvalue weighted by Gasteiger charge is -2.49. The number of rotatable bonds is 8. The highest BCUT2D eigenvalue weighted by atomic mass is 19.3. The van der Waals surface area contributed by atoms with Gasteiger partial charge in [0.15, 0.2) is 11.5 Å². The van der Waals surface area contributed by atoms with Gasteiger partial charge < -0.3 is 18.9 Å². The highest BCUT2D eigenvalue weighted by Crippen LogP contribution is 2.38. The number of halogens is 3. The summed E-state index contributed by atoms with van der Waals surface area (Å²) in [6.07, 6.45) is 3.87. The first-order valence-corrected chi connectivity index (χ1v) is 14.6. The van der Waals surface area contributed by atoms with Crippen molar-refractivity contribution < 1.29 is 22.6 Å². The van der Waals surface area contributed by atoms with E-state index in [2.05, 4.69) is 43.1 Å². The average Bonchev–Trinajstić information content (AvgIpc) is 3.67. The van der Waals surface area contributed by atoms with Crippen LogP contribution >= 0.6 is 0 Å². The second kappa shape index (κ2) is 11.3. The Morgan fingerprint density at radius 1 is 1.12 bits per heavy atom. The quantitative estimate of drug-likeness (QED) is 0.285. The van der Waals surface area contributed by atoms with Crippen molar-refractivity contribution >= 4 is 22.8 Å². The van der Waals surface area contributed by atoms with Crippen molar-refractivity contribution in [3.05, 3.63) is 41.7 Å². The van der Waals surface area contributed by atoms with Crippen molar-refractivity contribution in [2.24, 2.45) is 5.92 Å². The summed E-state index contributed by atoms with van der Waals surface area (Å²) in [6, 6.07) is 3.79. The van der Waals surface area contributed by atoms with Crippen LogP contribution in [0.1, 0.15) is 58.0 Å². The minimum atomic E-state index is -3.01. The third kappa shape index (κ3) is 5.17. The smallest absolute Gasteiger partial charge is 0.387 e. The highest BCUT2D eigenvalue weighted by Gasteiger charge is 2.38. The Labute approximate surface area is 242 Å². The molecule has 2 aliphatic heterocycles. The molecule has 0 bridgehead atoms. The van der Waals surface area contributed by atoms with Crippen LogP contribution in [-0.2, 0) is 11.3 Å². The number of imidazole rings is 1. The van der Waals surface area contributed by atoms with Crippen molar-refractivity contribution in [3.8, 4) is 5.75 Å². The second-order valence-corrected chi connectivity index (χ2v) is 11.8. The summed E-state index contributed by atoms with van der Waals surface area (Å²) < 4.78 is 55.1. The molecule has 0 saturated carbocycles. The molecule has 2 aliphatic rings. The zero-order valence-corrected chi connectivity index (χ0v) is 24.5. The SMILES string of the molecule is Cc1nc2c(N3C[C@@H](C)N([C@H](c4ccc(OC(F)F)cc4F)C(C)C)C[C@@H]3C)nc3nncn3c2n1C[C@@H]1CCCO1. The van der Waals surface area contributed by atoms with Gasteiger partial charge in [0.05, 0.1) is 12.6 Å². The highest BCUT2D eigenvalue weighted by molar-refractivity contribution is 5.87. The third-order valence-electron chi connectivity index (χ3n) is 8.53. The predicted molar refractivity (Wildman–Crippen MR) is 151 cm³/mol. The molecule has 0 aliphatic carbocycles. The Balaban J connectivity index is 1.33. The van der Waals surface area contributed by atoms with Crippen molar-refractivity contribution in [3.63, 3.8) is 0 Å². The van der Waals surface area contributed by atoms with Gasteiger partial charge in [-0.15, -0.1) is 10.2 Å². The van der Waals surface area contributed by atoms with Crippen LogP contribution in [0.2, 0.25) is 0 Å². The molecule has 10 nitrogen and oxygen atoms in total. The number of anilines is 1. The summed E-state index contributed by atoms with van der Waals surface area (Å²) >= 11 is 0. The van der Waals surface area contributed by atoms with Gasteiger partial charge in [0.2, 0.25) is 0 Å². The summed E-state index contributed by atoms with van der Waals surface area (Å²) in [6.45, 7) is 10.1. The van der Waals surface area contributed by atoms with Gasteiger partial charge in [-0.05, 0) is 45.6 Å². The number of alkyl halides is 2. The molecule has 0 radical (unpaired) electrons. The molecule has 1 aromatic carbocycles. The molecular formula is C29H37F3N8O2. The molecule has 3 aromatic heterocycles. The van der Waals surface area contributed by atoms with E-state index in [9.17, 15) is 8.78 Å². The molecule has 5 heterocycles. The van der Waals surface area contributed by atoms with Crippen LogP contribution in [-0.4, -0.2) is 78.5 Å². The fourth-order valence-electron chi connectivity index (χ4n) is 6.64. The Morgan fingerprint density at radius 2 is 1.93 bits per heavy atom. The van der Waals surface area contributed by atoms with E-state index >= 15 is 4.39 Å². The zero-order valence-electron chi connectivity index (χ0n) is 24.5. The van der Waals surface area contributed by atoms with Gasteiger partial charge in [0.1, 0.15) is 29.2 Å². The fraction of sp³-hybridized carbons (Fsp3) is 0.586. The molecule has 0 spiro atoms. The monoisotopic (exact) mass is 586 g/mol. The van der Waals surface area contributed by atoms with Crippen molar-refractivity contribution in [2.75, 3.05) is 24.6 Å². The van der Waals surface area contributed by atoms with Crippen LogP contribution in [0.5, 0.6) is 5.75 Å². The van der Waals surface area contributed by atoms with Crippen LogP contribution in [0.25, 0.3) is 16.9 Å². The van der Waals surface area contributed by atoms with Crippen molar-refractivity contribution in [2.45, 2.75) is 84.8 Å². The number of piperazine rings is 1. The minimum Gasteiger partial charge on any atom is -0.435 e. The number of fused-ring (bicyclic) bond motifs is 3. The molecule has 0 unspecified atom stereocenters. The van der Waals surface area contributed by atoms with Gasteiger partial charge in [0.25, 0.3) is 5.78 Å². The predicted octanol–water partition coefficient (Wildman–Crippen LogP) is 5.00. The summed E-state index contributed by atoms with van der Waals surface area (Å²) in [7, 11) is 0. The van der Waals surface area contributed by atoms with Gasteiger partial charge in [-0.2, -0.15) is 13.8 Å². The second-order valence-electron chi connectivity index (χ2n) is 11.8. The molecule has 42 heavy (non-hydrogen) atoms. The Morgan fingerprint density at radius 3 is 2.62 bits per heavy atom. The lowest BCUT2D eigenvalue weighted by Crippen LogP contribution is -2.58. The van der Waals surface area contributed by atoms with Crippen LogP contribution in [0.15, 0.2) is 24.5 Å². The van der Waals surface area contributed by atoms with Gasteiger partial charge in [-0.1, -0.05) is 19.9 Å². The summed E-state index contributed by atoms with van der Waals surface area (Å²) in [5, 5.41) is 8.42. The van der Waals surface area contributed by atoms with E-state index in [-0.39, 0.29) is 35.9 Å². The van der Waals surface area contributed by atoms with Gasteiger partial charge in [-0.3, -0.25) is 4.90 Å². The number of aromatic nitrogens is 6. The van der Waals surface area contributed by atoms with E-state index in [1.807, 2.05) is 25.2 Å². The molecule has 4 atom stereocenters. The van der Waals surface area contributed by atoms with E-state index in [1.165, 1.54) is 6.07 Å². The number of nitrogens with zero attached hydrogens (tertiary/aromatic N) is 8. The number of ether oxygens (including phenoxy) is 2. The largest absolute Gasteiger partial charge is 0.435 e. The summed E-state index contributed by atoms with van der Waals surface area (Å²) in [4.78, 5) is 14.5. The molecular weight excluding hydrogens is 549 g/mol. The number of hydrogen-bond acceptors (Lipinski definition) is 8.